The highest BCUT2D eigenvalue weighted by Gasteiger charge is 2.09. The Bertz CT molecular complexity index is 499. The van der Waals surface area contributed by atoms with Crippen molar-refractivity contribution in [3.63, 3.8) is 0 Å². The summed E-state index contributed by atoms with van der Waals surface area (Å²) in [5, 5.41) is 5.27. The molecule has 0 aromatic carbocycles. The first-order valence-electron chi connectivity index (χ1n) is 5.17. The maximum Gasteiger partial charge on any atom is 0.254 e. The first kappa shape index (κ1) is 12.1. The maximum atomic E-state index is 11.8. The fraction of sp³-hybridized carbons (Fsp3) is 0.167. The number of nitrogens with zero attached hydrogens (tertiary/aromatic N) is 1. The van der Waals surface area contributed by atoms with Gasteiger partial charge in [0.25, 0.3) is 5.91 Å². The summed E-state index contributed by atoms with van der Waals surface area (Å²) in [5.41, 5.74) is 0.417. The zero-order chi connectivity index (χ0) is 12.1. The van der Waals surface area contributed by atoms with Crippen LogP contribution in [0.25, 0.3) is 0 Å². The molecule has 2 aromatic rings. The molecule has 1 N–H and O–H groups in total. The van der Waals surface area contributed by atoms with E-state index in [1.807, 2.05) is 17.5 Å². The second kappa shape index (κ2) is 5.80. The molecule has 88 valence electrons. The van der Waals surface area contributed by atoms with Crippen LogP contribution in [0.5, 0.6) is 0 Å². The number of pyridine rings is 1. The van der Waals surface area contributed by atoms with Gasteiger partial charge >= 0.3 is 0 Å². The van der Waals surface area contributed by atoms with Crippen LogP contribution in [0.3, 0.4) is 0 Å². The molecule has 0 radical (unpaired) electrons. The minimum absolute atomic E-state index is 0.181. The van der Waals surface area contributed by atoms with Gasteiger partial charge in [0, 0.05) is 23.8 Å². The summed E-state index contributed by atoms with van der Waals surface area (Å²) in [6.45, 7) is 0.602. The van der Waals surface area contributed by atoms with Gasteiger partial charge in [-0.3, -0.25) is 9.78 Å². The summed E-state index contributed by atoms with van der Waals surface area (Å²) in [7, 11) is 0. The number of rotatable bonds is 4. The van der Waals surface area contributed by atoms with E-state index in [1.54, 1.807) is 23.6 Å². The molecule has 0 saturated heterocycles. The van der Waals surface area contributed by atoms with Gasteiger partial charge in [0.05, 0.1) is 10.6 Å². The zero-order valence-corrected chi connectivity index (χ0v) is 10.6. The van der Waals surface area contributed by atoms with Crippen LogP contribution in [0, 0.1) is 0 Å². The molecule has 2 rings (SSSR count). The summed E-state index contributed by atoms with van der Waals surface area (Å²) >= 11 is 7.58. The molecule has 2 heterocycles. The molecule has 0 unspecified atom stereocenters. The number of hydrogen-bond donors (Lipinski definition) is 1. The molecule has 3 nitrogen and oxygen atoms in total. The summed E-state index contributed by atoms with van der Waals surface area (Å²) in [6, 6.07) is 5.66. The van der Waals surface area contributed by atoms with Gasteiger partial charge < -0.3 is 5.32 Å². The van der Waals surface area contributed by atoms with Crippen LogP contribution in [0.2, 0.25) is 5.02 Å². The third-order valence-corrected chi connectivity index (χ3v) is 3.52. The topological polar surface area (TPSA) is 42.0 Å². The number of thiophene rings is 1. The Morgan fingerprint density at radius 3 is 3.06 bits per heavy atom. The van der Waals surface area contributed by atoms with Crippen molar-refractivity contribution in [1.29, 1.82) is 0 Å². The van der Waals surface area contributed by atoms with E-state index in [0.29, 0.717) is 17.1 Å². The molecule has 0 spiro atoms. The molecule has 2 aromatic heterocycles. The van der Waals surface area contributed by atoms with Crippen LogP contribution >= 0.6 is 22.9 Å². The largest absolute Gasteiger partial charge is 0.352 e. The monoisotopic (exact) mass is 266 g/mol. The standard InChI is InChI=1S/C12H11ClN2OS/c13-11-4-5-14-8-10(11)12(16)15-6-3-9-2-1-7-17-9/h1-2,4-5,7-8H,3,6H2,(H,15,16). The normalized spacial score (nSPS) is 10.2. The quantitative estimate of drug-likeness (QED) is 0.925. The number of aromatic nitrogens is 1. The van der Waals surface area contributed by atoms with Crippen LogP contribution in [0.15, 0.2) is 36.0 Å². The zero-order valence-electron chi connectivity index (χ0n) is 9.02. The maximum absolute atomic E-state index is 11.8. The van der Waals surface area contributed by atoms with E-state index in [1.165, 1.54) is 11.1 Å². The first-order valence-corrected chi connectivity index (χ1v) is 6.43. The molecular formula is C12H11ClN2OS. The molecule has 17 heavy (non-hydrogen) atoms. The SMILES string of the molecule is O=C(NCCc1cccs1)c1cnccc1Cl. The lowest BCUT2D eigenvalue weighted by Gasteiger charge is -2.05. The molecule has 0 atom stereocenters. The van der Waals surface area contributed by atoms with Gasteiger partial charge in [0.2, 0.25) is 0 Å². The number of carbonyl (C=O) groups is 1. The minimum Gasteiger partial charge on any atom is -0.352 e. The molecule has 0 aliphatic rings. The van der Waals surface area contributed by atoms with Gasteiger partial charge in [0.15, 0.2) is 0 Å². The average Bonchev–Trinajstić information content (AvgIpc) is 2.82. The van der Waals surface area contributed by atoms with E-state index in [-0.39, 0.29) is 5.91 Å². The molecular weight excluding hydrogens is 256 g/mol. The van der Waals surface area contributed by atoms with Gasteiger partial charge in [-0.05, 0) is 23.9 Å². The van der Waals surface area contributed by atoms with Gasteiger partial charge in [-0.1, -0.05) is 17.7 Å². The third-order valence-electron chi connectivity index (χ3n) is 2.25. The predicted octanol–water partition coefficient (Wildman–Crippen LogP) is 2.77. The van der Waals surface area contributed by atoms with E-state index < -0.39 is 0 Å². The Morgan fingerprint density at radius 1 is 1.47 bits per heavy atom. The predicted molar refractivity (Wildman–Crippen MR) is 69.6 cm³/mol. The first-order chi connectivity index (χ1) is 8.27. The average molecular weight is 267 g/mol. The Morgan fingerprint density at radius 2 is 2.35 bits per heavy atom. The highest BCUT2D eigenvalue weighted by atomic mass is 35.5. The molecule has 0 bridgehead atoms. The Kier molecular flexibility index (Phi) is 4.12. The fourth-order valence-corrected chi connectivity index (χ4v) is 2.29. The van der Waals surface area contributed by atoms with Gasteiger partial charge in [-0.15, -0.1) is 11.3 Å². The van der Waals surface area contributed by atoms with Gasteiger partial charge in [-0.2, -0.15) is 0 Å². The molecule has 0 saturated carbocycles. The van der Waals surface area contributed by atoms with Crippen molar-refractivity contribution in [2.75, 3.05) is 6.54 Å². The number of nitrogens with one attached hydrogen (secondary N) is 1. The highest BCUT2D eigenvalue weighted by molar-refractivity contribution is 7.09. The summed E-state index contributed by atoms with van der Waals surface area (Å²) in [6.07, 6.45) is 3.87. The third kappa shape index (κ3) is 3.28. The van der Waals surface area contributed by atoms with Gasteiger partial charge in [0.1, 0.15) is 0 Å². The second-order valence-corrected chi connectivity index (χ2v) is 4.88. The molecule has 1 amide bonds. The van der Waals surface area contributed by atoms with E-state index in [2.05, 4.69) is 10.3 Å². The van der Waals surface area contributed by atoms with E-state index in [0.717, 1.165) is 6.42 Å². The van der Waals surface area contributed by atoms with Crippen molar-refractivity contribution in [2.24, 2.45) is 0 Å². The molecule has 0 aliphatic carbocycles. The van der Waals surface area contributed by atoms with Crippen molar-refractivity contribution in [1.82, 2.24) is 10.3 Å². The van der Waals surface area contributed by atoms with Crippen molar-refractivity contribution in [3.8, 4) is 0 Å². The van der Waals surface area contributed by atoms with E-state index >= 15 is 0 Å². The van der Waals surface area contributed by atoms with Crippen LogP contribution < -0.4 is 5.32 Å². The van der Waals surface area contributed by atoms with E-state index in [4.69, 9.17) is 11.6 Å². The molecule has 0 fully saturated rings. The molecule has 5 heteroatoms. The lowest BCUT2D eigenvalue weighted by atomic mass is 10.2. The van der Waals surface area contributed by atoms with E-state index in [9.17, 15) is 4.79 Å². The Balaban J connectivity index is 1.88. The van der Waals surface area contributed by atoms with Gasteiger partial charge in [-0.25, -0.2) is 0 Å². The lowest BCUT2D eigenvalue weighted by molar-refractivity contribution is 0.0954. The lowest BCUT2D eigenvalue weighted by Crippen LogP contribution is -2.25. The number of amides is 1. The van der Waals surface area contributed by atoms with Crippen LogP contribution in [-0.2, 0) is 6.42 Å². The smallest absolute Gasteiger partial charge is 0.254 e. The van der Waals surface area contributed by atoms with Crippen molar-refractivity contribution in [2.45, 2.75) is 6.42 Å². The molecule has 0 aliphatic heterocycles. The summed E-state index contributed by atoms with van der Waals surface area (Å²) in [5.74, 6) is -0.181. The minimum atomic E-state index is -0.181. The summed E-state index contributed by atoms with van der Waals surface area (Å²) in [4.78, 5) is 16.9. The fourth-order valence-electron chi connectivity index (χ4n) is 1.39. The Labute approximate surface area is 108 Å². The van der Waals surface area contributed by atoms with Crippen LogP contribution in [0.1, 0.15) is 15.2 Å². The number of carbonyl (C=O) groups excluding carboxylic acids is 1. The second-order valence-electron chi connectivity index (χ2n) is 3.44. The van der Waals surface area contributed by atoms with Crippen molar-refractivity contribution in [3.05, 3.63) is 51.4 Å². The number of halogens is 1. The van der Waals surface area contributed by atoms with Crippen molar-refractivity contribution < 1.29 is 4.79 Å². The van der Waals surface area contributed by atoms with Crippen molar-refractivity contribution >= 4 is 28.8 Å². The highest BCUT2D eigenvalue weighted by Crippen LogP contribution is 2.13. The summed E-state index contributed by atoms with van der Waals surface area (Å²) < 4.78 is 0. The Hall–Kier alpha value is -1.39. The van der Waals surface area contributed by atoms with Crippen LogP contribution in [-0.4, -0.2) is 17.4 Å². The van der Waals surface area contributed by atoms with Crippen LogP contribution in [0.4, 0.5) is 0 Å². The number of hydrogen-bond acceptors (Lipinski definition) is 3.